The van der Waals surface area contributed by atoms with Gasteiger partial charge < -0.3 is 5.32 Å². The van der Waals surface area contributed by atoms with Crippen LogP contribution in [0.4, 0.5) is 0 Å². The van der Waals surface area contributed by atoms with Gasteiger partial charge in [0.25, 0.3) is 0 Å². The zero-order valence-electron chi connectivity index (χ0n) is 9.64. The average Bonchev–Trinajstić information content (AvgIpc) is 1.99. The van der Waals surface area contributed by atoms with Gasteiger partial charge >= 0.3 is 0 Å². The van der Waals surface area contributed by atoms with Crippen LogP contribution in [0.15, 0.2) is 0 Å². The van der Waals surface area contributed by atoms with Crippen LogP contribution in [0.1, 0.15) is 47.0 Å². The van der Waals surface area contributed by atoms with E-state index in [2.05, 4.69) is 33.0 Å². The summed E-state index contributed by atoms with van der Waals surface area (Å²) in [4.78, 5) is 0. The van der Waals surface area contributed by atoms with Crippen molar-refractivity contribution >= 4 is 0 Å². The van der Waals surface area contributed by atoms with Gasteiger partial charge in [-0.1, -0.05) is 34.1 Å². The van der Waals surface area contributed by atoms with Crippen molar-refractivity contribution in [1.29, 1.82) is 0 Å². The summed E-state index contributed by atoms with van der Waals surface area (Å²) in [6.07, 6.45) is 4.36. The third-order valence-electron chi connectivity index (χ3n) is 3.72. The highest BCUT2D eigenvalue weighted by Gasteiger charge is 2.31. The lowest BCUT2D eigenvalue weighted by Gasteiger charge is -2.39. The highest BCUT2D eigenvalue weighted by Crippen LogP contribution is 2.34. The van der Waals surface area contributed by atoms with Gasteiger partial charge in [-0.25, -0.2) is 0 Å². The Kier molecular flexibility index (Phi) is 4.24. The van der Waals surface area contributed by atoms with Crippen molar-refractivity contribution in [1.82, 2.24) is 5.32 Å². The van der Waals surface area contributed by atoms with Gasteiger partial charge in [0, 0.05) is 6.04 Å². The minimum Gasteiger partial charge on any atom is -0.314 e. The van der Waals surface area contributed by atoms with Gasteiger partial charge in [0.2, 0.25) is 0 Å². The summed E-state index contributed by atoms with van der Waals surface area (Å²) in [7, 11) is 0. The predicted octanol–water partition coefficient (Wildman–Crippen LogP) is 3.06. The van der Waals surface area contributed by atoms with Gasteiger partial charge in [-0.05, 0) is 37.1 Å². The zero-order valence-corrected chi connectivity index (χ0v) is 9.64. The van der Waals surface area contributed by atoms with E-state index in [1.807, 2.05) is 0 Å². The van der Waals surface area contributed by atoms with Crippen LogP contribution >= 0.6 is 0 Å². The highest BCUT2D eigenvalue weighted by atomic mass is 14.9. The third kappa shape index (κ3) is 2.70. The lowest BCUT2D eigenvalue weighted by atomic mass is 9.72. The summed E-state index contributed by atoms with van der Waals surface area (Å²) in [5.41, 5.74) is 0. The van der Waals surface area contributed by atoms with Gasteiger partial charge in [-0.15, -0.1) is 0 Å². The van der Waals surface area contributed by atoms with E-state index in [0.29, 0.717) is 0 Å². The minimum atomic E-state index is 0.777. The molecule has 0 aliphatic heterocycles. The predicted molar refractivity (Wildman–Crippen MR) is 58.8 cm³/mol. The summed E-state index contributed by atoms with van der Waals surface area (Å²) in [6.45, 7) is 10.4. The van der Waals surface area contributed by atoms with E-state index in [1.54, 1.807) is 0 Å². The Hall–Kier alpha value is -0.0400. The van der Waals surface area contributed by atoms with E-state index in [1.165, 1.54) is 19.3 Å². The molecule has 0 aromatic rings. The molecule has 1 aliphatic rings. The zero-order chi connectivity index (χ0) is 9.84. The number of hydrogen-bond donors (Lipinski definition) is 1. The highest BCUT2D eigenvalue weighted by molar-refractivity contribution is 4.86. The first kappa shape index (κ1) is 11.0. The smallest absolute Gasteiger partial charge is 0.0123 e. The van der Waals surface area contributed by atoms with E-state index in [0.717, 1.165) is 30.3 Å². The van der Waals surface area contributed by atoms with E-state index in [4.69, 9.17) is 0 Å². The molecule has 0 saturated heterocycles. The van der Waals surface area contributed by atoms with Crippen LogP contribution in [0, 0.1) is 17.8 Å². The van der Waals surface area contributed by atoms with Gasteiger partial charge in [0.15, 0.2) is 0 Å². The molecule has 78 valence electrons. The first-order valence-corrected chi connectivity index (χ1v) is 5.90. The van der Waals surface area contributed by atoms with Gasteiger partial charge in [0.1, 0.15) is 0 Å². The molecule has 2 unspecified atom stereocenters. The first-order chi connectivity index (χ1) is 6.16. The van der Waals surface area contributed by atoms with Crippen molar-refractivity contribution in [3.63, 3.8) is 0 Å². The number of rotatable bonds is 5. The molecule has 1 saturated carbocycles. The van der Waals surface area contributed by atoms with Crippen molar-refractivity contribution in [3.05, 3.63) is 0 Å². The molecule has 0 amide bonds. The van der Waals surface area contributed by atoms with E-state index >= 15 is 0 Å². The van der Waals surface area contributed by atoms with E-state index in [9.17, 15) is 0 Å². The van der Waals surface area contributed by atoms with Gasteiger partial charge in [0.05, 0.1) is 0 Å². The van der Waals surface area contributed by atoms with Crippen LogP contribution in [0.3, 0.4) is 0 Å². The SMILES string of the molecule is CCNC(C1CCC1)C(C)C(C)C. The fourth-order valence-electron chi connectivity index (χ4n) is 2.23. The summed E-state index contributed by atoms with van der Waals surface area (Å²) < 4.78 is 0. The molecular weight excluding hydrogens is 158 g/mol. The Morgan fingerprint density at radius 1 is 1.23 bits per heavy atom. The molecule has 1 rings (SSSR count). The van der Waals surface area contributed by atoms with Crippen LogP contribution in [0.25, 0.3) is 0 Å². The van der Waals surface area contributed by atoms with Gasteiger partial charge in [-0.2, -0.15) is 0 Å². The molecule has 1 aliphatic carbocycles. The van der Waals surface area contributed by atoms with Crippen molar-refractivity contribution in [2.75, 3.05) is 6.54 Å². The Morgan fingerprint density at radius 3 is 2.15 bits per heavy atom. The maximum Gasteiger partial charge on any atom is 0.0123 e. The summed E-state index contributed by atoms with van der Waals surface area (Å²) >= 11 is 0. The van der Waals surface area contributed by atoms with E-state index < -0.39 is 0 Å². The molecule has 1 fully saturated rings. The lowest BCUT2D eigenvalue weighted by molar-refractivity contribution is 0.157. The normalized spacial score (nSPS) is 22.8. The average molecular weight is 183 g/mol. The Bertz CT molecular complexity index is 138. The molecule has 1 N–H and O–H groups in total. The van der Waals surface area contributed by atoms with Crippen LogP contribution in [0.5, 0.6) is 0 Å². The summed E-state index contributed by atoms with van der Waals surface area (Å²) in [5.74, 6) is 2.60. The second-order valence-electron chi connectivity index (χ2n) is 4.88. The number of nitrogens with one attached hydrogen (secondary N) is 1. The quantitative estimate of drug-likeness (QED) is 0.691. The molecule has 1 nitrogen and oxygen atoms in total. The molecule has 0 heterocycles. The molecule has 0 radical (unpaired) electrons. The maximum atomic E-state index is 3.67. The fourth-order valence-corrected chi connectivity index (χ4v) is 2.23. The molecule has 1 heteroatoms. The largest absolute Gasteiger partial charge is 0.314 e. The topological polar surface area (TPSA) is 12.0 Å². The lowest BCUT2D eigenvalue weighted by Crippen LogP contribution is -2.45. The van der Waals surface area contributed by atoms with Crippen LogP contribution in [-0.2, 0) is 0 Å². The Balaban J connectivity index is 2.44. The molecule has 0 bridgehead atoms. The summed E-state index contributed by atoms with van der Waals surface area (Å²) in [6, 6.07) is 0.777. The molecule has 2 atom stereocenters. The number of hydrogen-bond acceptors (Lipinski definition) is 1. The van der Waals surface area contributed by atoms with Gasteiger partial charge in [-0.3, -0.25) is 0 Å². The molecule has 0 aromatic carbocycles. The first-order valence-electron chi connectivity index (χ1n) is 5.90. The maximum absolute atomic E-state index is 3.67. The Labute approximate surface area is 83.3 Å². The minimum absolute atomic E-state index is 0.777. The molecule has 13 heavy (non-hydrogen) atoms. The second-order valence-corrected chi connectivity index (χ2v) is 4.88. The van der Waals surface area contributed by atoms with Crippen molar-refractivity contribution in [2.24, 2.45) is 17.8 Å². The van der Waals surface area contributed by atoms with Crippen molar-refractivity contribution < 1.29 is 0 Å². The van der Waals surface area contributed by atoms with Crippen LogP contribution in [0.2, 0.25) is 0 Å². The fraction of sp³-hybridized carbons (Fsp3) is 1.00. The van der Waals surface area contributed by atoms with Crippen LogP contribution < -0.4 is 5.32 Å². The molecular formula is C12H25N. The Morgan fingerprint density at radius 2 is 1.85 bits per heavy atom. The third-order valence-corrected chi connectivity index (χ3v) is 3.72. The second kappa shape index (κ2) is 4.99. The monoisotopic (exact) mass is 183 g/mol. The summed E-state index contributed by atoms with van der Waals surface area (Å²) in [5, 5.41) is 3.67. The molecule has 0 aromatic heterocycles. The van der Waals surface area contributed by atoms with Crippen LogP contribution in [-0.4, -0.2) is 12.6 Å². The standard InChI is InChI=1S/C12H25N/c1-5-13-12(10(4)9(2)3)11-7-6-8-11/h9-13H,5-8H2,1-4H3. The van der Waals surface area contributed by atoms with E-state index in [-0.39, 0.29) is 0 Å². The van der Waals surface area contributed by atoms with Crippen molar-refractivity contribution in [3.8, 4) is 0 Å². The van der Waals surface area contributed by atoms with Crippen molar-refractivity contribution in [2.45, 2.75) is 53.0 Å². The molecule has 0 spiro atoms.